The van der Waals surface area contributed by atoms with E-state index in [4.69, 9.17) is 5.11 Å². The van der Waals surface area contributed by atoms with E-state index in [0.717, 1.165) is 18.8 Å². The summed E-state index contributed by atoms with van der Waals surface area (Å²) in [6, 6.07) is 0.262. The molecule has 0 bridgehead atoms. The van der Waals surface area contributed by atoms with Crippen molar-refractivity contribution in [2.24, 2.45) is 0 Å². The summed E-state index contributed by atoms with van der Waals surface area (Å²) in [6.45, 7) is 10.00. The first kappa shape index (κ1) is 15.0. The van der Waals surface area contributed by atoms with Crippen LogP contribution in [0.2, 0.25) is 0 Å². The zero-order valence-corrected chi connectivity index (χ0v) is 12.5. The molecule has 0 spiro atoms. The molecule has 6 heteroatoms. The maximum absolute atomic E-state index is 12.5. The molecule has 1 fully saturated rings. The van der Waals surface area contributed by atoms with Crippen LogP contribution in [0.5, 0.6) is 0 Å². The Labute approximate surface area is 120 Å². The van der Waals surface area contributed by atoms with Crippen molar-refractivity contribution in [1.29, 1.82) is 0 Å². The summed E-state index contributed by atoms with van der Waals surface area (Å²) in [5.74, 6) is 0.0676. The van der Waals surface area contributed by atoms with Gasteiger partial charge >= 0.3 is 0 Å². The van der Waals surface area contributed by atoms with Crippen molar-refractivity contribution in [2.75, 3.05) is 39.3 Å². The third kappa shape index (κ3) is 3.02. The highest BCUT2D eigenvalue weighted by Crippen LogP contribution is 2.16. The minimum absolute atomic E-state index is 0.0676. The Morgan fingerprint density at radius 2 is 2.00 bits per heavy atom. The second-order valence-electron chi connectivity index (χ2n) is 5.54. The molecular weight excluding hydrogens is 256 g/mol. The van der Waals surface area contributed by atoms with Gasteiger partial charge in [0.15, 0.2) is 0 Å². The maximum Gasteiger partial charge on any atom is 0.257 e. The molecule has 1 amide bonds. The first-order chi connectivity index (χ1) is 9.54. The van der Waals surface area contributed by atoms with Gasteiger partial charge in [0.1, 0.15) is 0 Å². The van der Waals surface area contributed by atoms with E-state index >= 15 is 0 Å². The van der Waals surface area contributed by atoms with E-state index in [-0.39, 0.29) is 18.6 Å². The van der Waals surface area contributed by atoms with Crippen molar-refractivity contribution < 1.29 is 9.90 Å². The summed E-state index contributed by atoms with van der Waals surface area (Å²) in [5, 5.41) is 13.2. The Morgan fingerprint density at radius 1 is 1.35 bits per heavy atom. The van der Waals surface area contributed by atoms with Gasteiger partial charge in [-0.05, 0) is 20.8 Å². The van der Waals surface area contributed by atoms with Crippen LogP contribution >= 0.6 is 0 Å². The van der Waals surface area contributed by atoms with E-state index in [0.29, 0.717) is 25.2 Å². The minimum atomic E-state index is 0.0676. The van der Waals surface area contributed by atoms with Crippen LogP contribution in [0.4, 0.5) is 0 Å². The average Bonchev–Trinajstić information content (AvgIpc) is 2.81. The minimum Gasteiger partial charge on any atom is -0.395 e. The Bertz CT molecular complexity index is 462. The highest BCUT2D eigenvalue weighted by atomic mass is 16.3. The smallest absolute Gasteiger partial charge is 0.257 e. The van der Waals surface area contributed by atoms with Crippen LogP contribution in [0.15, 0.2) is 6.20 Å². The Morgan fingerprint density at radius 3 is 2.50 bits per heavy atom. The second kappa shape index (κ2) is 6.37. The predicted octanol–water partition coefficient (Wildman–Crippen LogP) is 0.523. The lowest BCUT2D eigenvalue weighted by atomic mass is 10.2. The van der Waals surface area contributed by atoms with Gasteiger partial charge < -0.3 is 10.0 Å². The van der Waals surface area contributed by atoms with Crippen LogP contribution in [-0.2, 0) is 0 Å². The molecule has 0 radical (unpaired) electrons. The Hall–Kier alpha value is -1.40. The number of β-amino-alcohol motifs (C(OH)–C–C–N with tert-alkyl or cyclic N) is 1. The molecule has 0 atom stereocenters. The summed E-state index contributed by atoms with van der Waals surface area (Å²) >= 11 is 0. The number of hydrogen-bond acceptors (Lipinski definition) is 4. The molecular formula is C14H24N4O2. The van der Waals surface area contributed by atoms with Crippen molar-refractivity contribution in [3.05, 3.63) is 17.5 Å². The topological polar surface area (TPSA) is 61.6 Å². The van der Waals surface area contributed by atoms with Crippen LogP contribution in [-0.4, -0.2) is 69.9 Å². The van der Waals surface area contributed by atoms with Gasteiger partial charge in [0.25, 0.3) is 5.91 Å². The SMILES string of the molecule is Cc1c(C(=O)N2CCN(CCO)CC2)cnn1C(C)C. The van der Waals surface area contributed by atoms with Gasteiger partial charge in [-0.1, -0.05) is 0 Å². The molecule has 1 aromatic heterocycles. The molecule has 1 N–H and O–H groups in total. The number of hydrogen-bond donors (Lipinski definition) is 1. The molecule has 0 aromatic carbocycles. The number of amides is 1. The van der Waals surface area contributed by atoms with E-state index < -0.39 is 0 Å². The first-order valence-electron chi connectivity index (χ1n) is 7.21. The summed E-state index contributed by atoms with van der Waals surface area (Å²) in [4.78, 5) is 16.6. The van der Waals surface area contributed by atoms with Gasteiger partial charge in [-0.3, -0.25) is 14.4 Å². The lowest BCUT2D eigenvalue weighted by molar-refractivity contribution is 0.0614. The number of carbonyl (C=O) groups is 1. The number of piperazine rings is 1. The molecule has 0 unspecified atom stereocenters. The highest BCUT2D eigenvalue weighted by Gasteiger charge is 2.24. The summed E-state index contributed by atoms with van der Waals surface area (Å²) in [6.07, 6.45) is 1.68. The zero-order chi connectivity index (χ0) is 14.7. The number of aliphatic hydroxyl groups excluding tert-OH is 1. The molecule has 1 saturated heterocycles. The van der Waals surface area contributed by atoms with Gasteiger partial charge in [0.05, 0.1) is 18.4 Å². The van der Waals surface area contributed by atoms with Crippen molar-refractivity contribution in [1.82, 2.24) is 19.6 Å². The van der Waals surface area contributed by atoms with E-state index in [1.807, 2.05) is 16.5 Å². The summed E-state index contributed by atoms with van der Waals surface area (Å²) < 4.78 is 1.88. The van der Waals surface area contributed by atoms with Crippen molar-refractivity contribution in [3.8, 4) is 0 Å². The molecule has 112 valence electrons. The van der Waals surface area contributed by atoms with Gasteiger partial charge in [-0.2, -0.15) is 5.10 Å². The monoisotopic (exact) mass is 280 g/mol. The fourth-order valence-corrected chi connectivity index (χ4v) is 2.64. The number of carbonyl (C=O) groups excluding carboxylic acids is 1. The molecule has 2 heterocycles. The third-order valence-corrected chi connectivity index (χ3v) is 3.84. The largest absolute Gasteiger partial charge is 0.395 e. The number of rotatable bonds is 4. The fraction of sp³-hybridized carbons (Fsp3) is 0.714. The average molecular weight is 280 g/mol. The van der Waals surface area contributed by atoms with Crippen molar-refractivity contribution in [2.45, 2.75) is 26.8 Å². The second-order valence-corrected chi connectivity index (χ2v) is 5.54. The standard InChI is InChI=1S/C14H24N4O2/c1-11(2)18-12(3)13(10-15-18)14(20)17-6-4-16(5-7-17)8-9-19/h10-11,19H,4-9H2,1-3H3. The third-order valence-electron chi connectivity index (χ3n) is 3.84. The van der Waals surface area contributed by atoms with Gasteiger partial charge in [0.2, 0.25) is 0 Å². The quantitative estimate of drug-likeness (QED) is 0.873. The fourth-order valence-electron chi connectivity index (χ4n) is 2.64. The summed E-state index contributed by atoms with van der Waals surface area (Å²) in [5.41, 5.74) is 1.64. The first-order valence-corrected chi connectivity index (χ1v) is 7.21. The van der Waals surface area contributed by atoms with Crippen molar-refractivity contribution >= 4 is 5.91 Å². The normalized spacial score (nSPS) is 16.9. The molecule has 2 rings (SSSR count). The summed E-state index contributed by atoms with van der Waals surface area (Å²) in [7, 11) is 0. The van der Waals surface area contributed by atoms with Crippen molar-refractivity contribution in [3.63, 3.8) is 0 Å². The molecule has 0 saturated carbocycles. The number of aliphatic hydroxyl groups is 1. The van der Waals surface area contributed by atoms with Crippen LogP contribution in [0.3, 0.4) is 0 Å². The van der Waals surface area contributed by atoms with Gasteiger partial charge in [0, 0.05) is 44.5 Å². The Kier molecular flexibility index (Phi) is 4.77. The number of aromatic nitrogens is 2. The number of nitrogens with zero attached hydrogens (tertiary/aromatic N) is 4. The molecule has 20 heavy (non-hydrogen) atoms. The van der Waals surface area contributed by atoms with Crippen LogP contribution in [0.1, 0.15) is 35.9 Å². The highest BCUT2D eigenvalue weighted by molar-refractivity contribution is 5.95. The van der Waals surface area contributed by atoms with Crippen LogP contribution in [0.25, 0.3) is 0 Å². The molecule has 1 aliphatic heterocycles. The molecule has 1 aliphatic rings. The van der Waals surface area contributed by atoms with Crippen LogP contribution < -0.4 is 0 Å². The molecule has 0 aliphatic carbocycles. The van der Waals surface area contributed by atoms with Gasteiger partial charge in [-0.15, -0.1) is 0 Å². The lowest BCUT2D eigenvalue weighted by Crippen LogP contribution is -2.49. The Balaban J connectivity index is 2.02. The maximum atomic E-state index is 12.5. The van der Waals surface area contributed by atoms with E-state index in [9.17, 15) is 4.79 Å². The zero-order valence-electron chi connectivity index (χ0n) is 12.5. The van der Waals surface area contributed by atoms with Crippen LogP contribution in [0, 0.1) is 6.92 Å². The predicted molar refractivity (Wildman–Crippen MR) is 76.8 cm³/mol. The van der Waals surface area contributed by atoms with E-state index in [1.54, 1.807) is 6.20 Å². The van der Waals surface area contributed by atoms with E-state index in [2.05, 4.69) is 23.8 Å². The molecule has 1 aromatic rings. The van der Waals surface area contributed by atoms with Gasteiger partial charge in [-0.25, -0.2) is 0 Å². The van der Waals surface area contributed by atoms with E-state index in [1.165, 1.54) is 0 Å². The lowest BCUT2D eigenvalue weighted by Gasteiger charge is -2.34. The molecule has 6 nitrogen and oxygen atoms in total.